The van der Waals surface area contributed by atoms with Gasteiger partial charge in [-0.2, -0.15) is 0 Å². The van der Waals surface area contributed by atoms with E-state index in [0.717, 1.165) is 32.4 Å². The first-order valence-corrected chi connectivity index (χ1v) is 9.24. The number of aryl methyl sites for hydroxylation is 1. The van der Waals surface area contributed by atoms with Crippen molar-refractivity contribution in [2.45, 2.75) is 51.4 Å². The molecule has 2 rings (SSSR count). The Balaban J connectivity index is 1.47. The molecule has 1 amide bonds. The van der Waals surface area contributed by atoms with Crippen molar-refractivity contribution in [2.75, 3.05) is 26.2 Å². The van der Waals surface area contributed by atoms with E-state index in [4.69, 9.17) is 0 Å². The fourth-order valence-electron chi connectivity index (χ4n) is 2.86. The molecule has 1 aliphatic rings. The van der Waals surface area contributed by atoms with Crippen molar-refractivity contribution in [3.63, 3.8) is 0 Å². The SMILES string of the molecule is O=C(CCCc1cccs1)NCCCN1CCCCCC1. The van der Waals surface area contributed by atoms with Gasteiger partial charge in [-0.3, -0.25) is 4.79 Å². The molecule has 2 heterocycles. The van der Waals surface area contributed by atoms with Crippen molar-refractivity contribution in [3.8, 4) is 0 Å². The Morgan fingerprint density at radius 1 is 1.19 bits per heavy atom. The molecule has 0 aromatic carbocycles. The Morgan fingerprint density at radius 3 is 2.71 bits per heavy atom. The van der Waals surface area contributed by atoms with Crippen molar-refractivity contribution < 1.29 is 4.79 Å². The molecule has 4 heteroatoms. The van der Waals surface area contributed by atoms with Gasteiger partial charge in [-0.25, -0.2) is 0 Å². The van der Waals surface area contributed by atoms with Crippen molar-refractivity contribution in [3.05, 3.63) is 22.4 Å². The van der Waals surface area contributed by atoms with Gasteiger partial charge < -0.3 is 10.2 Å². The zero-order valence-corrected chi connectivity index (χ0v) is 13.8. The molecule has 1 fully saturated rings. The highest BCUT2D eigenvalue weighted by molar-refractivity contribution is 7.09. The number of rotatable bonds is 8. The van der Waals surface area contributed by atoms with Crippen LogP contribution in [-0.2, 0) is 11.2 Å². The summed E-state index contributed by atoms with van der Waals surface area (Å²) in [6.07, 6.45) is 9.18. The van der Waals surface area contributed by atoms with Crippen molar-refractivity contribution in [2.24, 2.45) is 0 Å². The molecule has 0 unspecified atom stereocenters. The summed E-state index contributed by atoms with van der Waals surface area (Å²) in [5.41, 5.74) is 0. The van der Waals surface area contributed by atoms with Crippen molar-refractivity contribution in [1.29, 1.82) is 0 Å². The average Bonchev–Trinajstić information content (AvgIpc) is 2.86. The predicted molar refractivity (Wildman–Crippen MR) is 89.8 cm³/mol. The Labute approximate surface area is 132 Å². The zero-order chi connectivity index (χ0) is 14.8. The van der Waals surface area contributed by atoms with Crippen LogP contribution >= 0.6 is 11.3 Å². The van der Waals surface area contributed by atoms with E-state index in [1.54, 1.807) is 11.3 Å². The van der Waals surface area contributed by atoms with Crippen LogP contribution in [0.3, 0.4) is 0 Å². The summed E-state index contributed by atoms with van der Waals surface area (Å²) >= 11 is 1.78. The first kappa shape index (κ1) is 16.5. The molecule has 21 heavy (non-hydrogen) atoms. The second-order valence-electron chi connectivity index (χ2n) is 5.89. The van der Waals surface area contributed by atoms with E-state index in [-0.39, 0.29) is 5.91 Å². The standard InChI is InChI=1S/C17H28N2OS/c20-17(10-5-8-16-9-6-15-21-16)18-11-7-14-19-12-3-1-2-4-13-19/h6,9,15H,1-5,7-8,10-14H2,(H,18,20). The van der Waals surface area contributed by atoms with E-state index < -0.39 is 0 Å². The number of amides is 1. The Bertz CT molecular complexity index is 384. The second kappa shape index (κ2) is 9.96. The van der Waals surface area contributed by atoms with E-state index in [1.165, 1.54) is 43.6 Å². The maximum Gasteiger partial charge on any atom is 0.220 e. The number of thiophene rings is 1. The van der Waals surface area contributed by atoms with Gasteiger partial charge in [0.25, 0.3) is 0 Å². The first-order valence-electron chi connectivity index (χ1n) is 8.36. The number of nitrogens with zero attached hydrogens (tertiary/aromatic N) is 1. The largest absolute Gasteiger partial charge is 0.356 e. The van der Waals surface area contributed by atoms with Crippen LogP contribution in [0.4, 0.5) is 0 Å². The molecule has 1 aliphatic heterocycles. The predicted octanol–water partition coefficient (Wildman–Crippen LogP) is 3.45. The smallest absolute Gasteiger partial charge is 0.220 e. The molecule has 0 aliphatic carbocycles. The Hall–Kier alpha value is -0.870. The van der Waals surface area contributed by atoms with Gasteiger partial charge >= 0.3 is 0 Å². The third-order valence-corrected chi connectivity index (χ3v) is 5.02. The molecule has 1 N–H and O–H groups in total. The molecular weight excluding hydrogens is 280 g/mol. The highest BCUT2D eigenvalue weighted by Crippen LogP contribution is 2.12. The second-order valence-corrected chi connectivity index (χ2v) is 6.92. The molecule has 0 spiro atoms. The lowest BCUT2D eigenvalue weighted by Crippen LogP contribution is -2.30. The fraction of sp³-hybridized carbons (Fsp3) is 0.706. The molecule has 0 radical (unpaired) electrons. The Kier molecular flexibility index (Phi) is 7.82. The van der Waals surface area contributed by atoms with E-state index in [0.29, 0.717) is 6.42 Å². The summed E-state index contributed by atoms with van der Waals surface area (Å²) in [5, 5.41) is 5.15. The normalized spacial score (nSPS) is 16.6. The van der Waals surface area contributed by atoms with Gasteiger partial charge in [-0.05, 0) is 63.2 Å². The summed E-state index contributed by atoms with van der Waals surface area (Å²) in [6.45, 7) is 4.45. The van der Waals surface area contributed by atoms with Crippen molar-refractivity contribution in [1.82, 2.24) is 10.2 Å². The zero-order valence-electron chi connectivity index (χ0n) is 13.0. The number of hydrogen-bond acceptors (Lipinski definition) is 3. The number of nitrogens with one attached hydrogen (secondary N) is 1. The molecule has 1 aromatic rings. The maximum atomic E-state index is 11.8. The monoisotopic (exact) mass is 308 g/mol. The summed E-state index contributed by atoms with van der Waals surface area (Å²) in [6, 6.07) is 4.21. The first-order chi connectivity index (χ1) is 10.3. The van der Waals surface area contributed by atoms with Gasteiger partial charge in [-0.1, -0.05) is 18.9 Å². The minimum absolute atomic E-state index is 0.211. The molecule has 0 saturated carbocycles. The van der Waals surface area contributed by atoms with Crippen LogP contribution in [0.5, 0.6) is 0 Å². The topological polar surface area (TPSA) is 32.3 Å². The number of carbonyl (C=O) groups is 1. The van der Waals surface area contributed by atoms with Gasteiger partial charge in [0.15, 0.2) is 0 Å². The van der Waals surface area contributed by atoms with Gasteiger partial charge in [0, 0.05) is 17.8 Å². The maximum absolute atomic E-state index is 11.8. The minimum atomic E-state index is 0.211. The van der Waals surface area contributed by atoms with Crippen LogP contribution in [0.1, 0.15) is 49.8 Å². The van der Waals surface area contributed by atoms with E-state index in [1.807, 2.05) is 0 Å². The number of carbonyl (C=O) groups excluding carboxylic acids is 1. The van der Waals surface area contributed by atoms with Gasteiger partial charge in [0.05, 0.1) is 0 Å². The lowest BCUT2D eigenvalue weighted by Gasteiger charge is -2.19. The van der Waals surface area contributed by atoms with E-state index in [9.17, 15) is 4.79 Å². The summed E-state index contributed by atoms with van der Waals surface area (Å²) in [7, 11) is 0. The van der Waals surface area contributed by atoms with Crippen molar-refractivity contribution >= 4 is 17.2 Å². The molecule has 0 atom stereocenters. The van der Waals surface area contributed by atoms with Crippen LogP contribution in [0.15, 0.2) is 17.5 Å². The summed E-state index contributed by atoms with van der Waals surface area (Å²) < 4.78 is 0. The van der Waals surface area contributed by atoms with E-state index in [2.05, 4.69) is 27.7 Å². The molecular formula is C17H28N2OS. The molecule has 0 bridgehead atoms. The minimum Gasteiger partial charge on any atom is -0.356 e. The molecule has 3 nitrogen and oxygen atoms in total. The molecule has 1 saturated heterocycles. The molecule has 1 aromatic heterocycles. The van der Waals surface area contributed by atoms with E-state index >= 15 is 0 Å². The third kappa shape index (κ3) is 7.09. The lowest BCUT2D eigenvalue weighted by molar-refractivity contribution is -0.121. The van der Waals surface area contributed by atoms with Crippen LogP contribution in [0.25, 0.3) is 0 Å². The summed E-state index contributed by atoms with van der Waals surface area (Å²) in [5.74, 6) is 0.211. The average molecular weight is 308 g/mol. The molecule has 118 valence electrons. The van der Waals surface area contributed by atoms with Crippen LogP contribution in [0, 0.1) is 0 Å². The highest BCUT2D eigenvalue weighted by atomic mass is 32.1. The van der Waals surface area contributed by atoms with Gasteiger partial charge in [0.1, 0.15) is 0 Å². The quantitative estimate of drug-likeness (QED) is 0.746. The third-order valence-electron chi connectivity index (χ3n) is 4.08. The van der Waals surface area contributed by atoms with Crippen LogP contribution < -0.4 is 5.32 Å². The summed E-state index contributed by atoms with van der Waals surface area (Å²) in [4.78, 5) is 15.7. The lowest BCUT2D eigenvalue weighted by atomic mass is 10.2. The van der Waals surface area contributed by atoms with Crippen LogP contribution in [0.2, 0.25) is 0 Å². The fourth-order valence-corrected chi connectivity index (χ4v) is 3.61. The number of hydrogen-bond donors (Lipinski definition) is 1. The van der Waals surface area contributed by atoms with Gasteiger partial charge in [0.2, 0.25) is 5.91 Å². The van der Waals surface area contributed by atoms with Crippen LogP contribution in [-0.4, -0.2) is 37.0 Å². The Morgan fingerprint density at radius 2 is 2.00 bits per heavy atom. The number of likely N-dealkylation sites (tertiary alicyclic amines) is 1. The van der Waals surface area contributed by atoms with Gasteiger partial charge in [-0.15, -0.1) is 11.3 Å². The highest BCUT2D eigenvalue weighted by Gasteiger charge is 2.08.